The van der Waals surface area contributed by atoms with Gasteiger partial charge in [0.1, 0.15) is 29.7 Å². The van der Waals surface area contributed by atoms with E-state index in [1.165, 1.54) is 24.4 Å². The minimum absolute atomic E-state index is 0.117. The van der Waals surface area contributed by atoms with E-state index in [1.54, 1.807) is 9.13 Å². The van der Waals surface area contributed by atoms with Crippen molar-refractivity contribution in [3.8, 4) is 0 Å². The number of phosphoric ester groups is 1. The van der Waals surface area contributed by atoms with Crippen LogP contribution in [0.3, 0.4) is 0 Å². The van der Waals surface area contributed by atoms with Crippen molar-refractivity contribution in [2.24, 2.45) is 0 Å². The number of ether oxygens (including phenoxy) is 2. The molecule has 2 saturated heterocycles. The van der Waals surface area contributed by atoms with Gasteiger partial charge in [0.25, 0.3) is 18.5 Å². The molecule has 0 amide bonds. The highest BCUT2D eigenvalue weighted by molar-refractivity contribution is 8.00. The highest BCUT2D eigenvalue weighted by atomic mass is 32.2. The Morgan fingerprint density at radius 1 is 1.24 bits per heavy atom. The first-order chi connectivity index (χ1) is 19.7. The van der Waals surface area contributed by atoms with E-state index in [-0.39, 0.29) is 17.0 Å². The summed E-state index contributed by atoms with van der Waals surface area (Å²) in [5.41, 5.74) is 6.91. The number of rotatable bonds is 6. The fraction of sp³-hybridized carbons (Fsp3) is 0.500. The number of phosphoric acid groups is 1. The number of aromatic amines is 2. The summed E-state index contributed by atoms with van der Waals surface area (Å²) >= 11 is 2.47. The predicted molar refractivity (Wildman–Crippen MR) is 135 cm³/mol. The van der Waals surface area contributed by atoms with E-state index in [2.05, 4.69) is 29.9 Å². The number of imidazole rings is 2. The van der Waals surface area contributed by atoms with Crippen molar-refractivity contribution in [1.82, 2.24) is 34.5 Å². The monoisotopic (exact) mass is 625 g/mol. The number of fused-ring (bicyclic) bond motifs is 10. The fourth-order valence-corrected chi connectivity index (χ4v) is 9.33. The quantitative estimate of drug-likeness (QED) is 0.114. The zero-order chi connectivity index (χ0) is 28.2. The van der Waals surface area contributed by atoms with Crippen LogP contribution in [0.4, 0.5) is 5.82 Å². The summed E-state index contributed by atoms with van der Waals surface area (Å²) in [6, 6.07) is 0. The second-order valence-corrected chi connectivity index (χ2v) is 13.4. The Bertz CT molecular complexity index is 1820. The first-order valence-corrected chi connectivity index (χ1v) is 15.5. The summed E-state index contributed by atoms with van der Waals surface area (Å²) < 4.78 is 38.8. The molecule has 0 aromatic carbocycles. The molecule has 41 heavy (non-hydrogen) atoms. The zero-order valence-electron chi connectivity index (χ0n) is 20.5. The van der Waals surface area contributed by atoms with Crippen molar-refractivity contribution in [2.45, 2.75) is 57.7 Å². The number of aliphatic hydroxyl groups is 2. The average molecular weight is 626 g/mol. The zero-order valence-corrected chi connectivity index (χ0v) is 23.0. The van der Waals surface area contributed by atoms with Gasteiger partial charge in [-0.3, -0.25) is 18.9 Å². The maximum Gasteiger partial charge on any atom is 0.310 e. The Hall–Kier alpha value is -2.65. The van der Waals surface area contributed by atoms with Crippen molar-refractivity contribution in [3.05, 3.63) is 23.0 Å². The molecular formula is C20H20N9O9PS2. The lowest BCUT2D eigenvalue weighted by atomic mass is 10.2. The standard InChI is InChI=1S/C20H20N9O9PS2/c21-13-7-14(23-3-22-13)28-17-11(40-19(28)26-7)9(31)6(37-17)2-35-39(33,34)38-10-5(1-30)36-18-12(10)41-20-27-8-15(29(18)20)24-4-25-16(8)32/h3-6,9-12,17-18,30-31H,1-2H2,(H4,21,22,23,24,25,32,33,34). The van der Waals surface area contributed by atoms with E-state index < -0.39 is 74.0 Å². The van der Waals surface area contributed by atoms with Gasteiger partial charge >= 0.3 is 5.65 Å². The van der Waals surface area contributed by atoms with E-state index in [0.29, 0.717) is 21.5 Å². The van der Waals surface area contributed by atoms with E-state index in [1.807, 2.05) is 0 Å². The first-order valence-electron chi connectivity index (χ1n) is 12.3. The van der Waals surface area contributed by atoms with Gasteiger partial charge < -0.3 is 44.3 Å². The molecule has 9 atom stereocenters. The molecule has 0 spiro atoms. The Morgan fingerprint density at radius 3 is 2.93 bits per heavy atom. The van der Waals surface area contributed by atoms with Gasteiger partial charge in [-0.25, -0.2) is 9.97 Å². The molecule has 8 heterocycles. The Morgan fingerprint density at radius 2 is 2.10 bits per heavy atom. The molecule has 4 aliphatic heterocycles. The number of nitrogens with two attached hydrogens (primary N) is 1. The van der Waals surface area contributed by atoms with Crippen LogP contribution in [0, 0.1) is 0 Å². The lowest BCUT2D eigenvalue weighted by Gasteiger charge is -2.30. The summed E-state index contributed by atoms with van der Waals surface area (Å²) in [7, 11) is -4.99. The molecule has 0 bridgehead atoms. The SMILES string of the molecule is Nc1ncnc2c1[nH]c1[n+]2C2OC(COP(=O)([O-])OC3C(CO)OC4C3Sc3nc5c(=O)[nH]cnc5n34)C(O)C2S1. The van der Waals surface area contributed by atoms with Crippen molar-refractivity contribution < 1.29 is 42.8 Å². The Kier molecular flexibility index (Phi) is 5.82. The van der Waals surface area contributed by atoms with Gasteiger partial charge in [-0.1, -0.05) is 16.7 Å². The number of hydrogen-bond donors (Lipinski definition) is 5. The van der Waals surface area contributed by atoms with Gasteiger partial charge in [-0.05, 0) is 11.8 Å². The molecule has 21 heteroatoms. The smallest absolute Gasteiger partial charge is 0.310 e. The summed E-state index contributed by atoms with van der Waals surface area (Å²) in [6.07, 6.45) is -3.07. The number of H-pyrrole nitrogens is 2. The third kappa shape index (κ3) is 3.83. The molecule has 0 aliphatic carbocycles. The van der Waals surface area contributed by atoms with Gasteiger partial charge in [0.05, 0.1) is 24.8 Å². The largest absolute Gasteiger partial charge is 0.756 e. The number of thioether (sulfide) groups is 2. The minimum atomic E-state index is -4.99. The number of anilines is 1. The van der Waals surface area contributed by atoms with Gasteiger partial charge in [-0.2, -0.15) is 9.55 Å². The topological polar surface area (TPSA) is 253 Å². The van der Waals surface area contributed by atoms with Gasteiger partial charge in [-0.15, -0.1) is 0 Å². The number of aliphatic hydroxyl groups excluding tert-OH is 2. The van der Waals surface area contributed by atoms with Crippen molar-refractivity contribution in [2.75, 3.05) is 18.9 Å². The number of nitrogens with zero attached hydrogens (tertiary/aromatic N) is 6. The first kappa shape index (κ1) is 26.0. The second kappa shape index (κ2) is 9.17. The normalized spacial score (nSPS) is 33.2. The summed E-state index contributed by atoms with van der Waals surface area (Å²) in [5.74, 6) is 0.262. The molecule has 9 unspecified atom stereocenters. The lowest BCUT2D eigenvalue weighted by molar-refractivity contribution is -0.763. The second-order valence-electron chi connectivity index (χ2n) is 9.71. The highest BCUT2D eigenvalue weighted by Crippen LogP contribution is 2.54. The molecular weight excluding hydrogens is 605 g/mol. The molecule has 216 valence electrons. The maximum absolute atomic E-state index is 13.0. The summed E-state index contributed by atoms with van der Waals surface area (Å²) in [6.45, 7) is -1.04. The Balaban J connectivity index is 0.974. The molecule has 4 aromatic heterocycles. The van der Waals surface area contributed by atoms with Crippen LogP contribution in [0.1, 0.15) is 12.5 Å². The molecule has 4 aliphatic rings. The lowest BCUT2D eigenvalue weighted by Crippen LogP contribution is -2.40. The fourth-order valence-electron chi connectivity index (χ4n) is 5.59. The van der Waals surface area contributed by atoms with Crippen LogP contribution in [0.5, 0.6) is 0 Å². The van der Waals surface area contributed by atoms with Crippen LogP contribution >= 0.6 is 31.3 Å². The summed E-state index contributed by atoms with van der Waals surface area (Å²) in [4.78, 5) is 47.3. The molecule has 2 fully saturated rings. The molecule has 8 rings (SSSR count). The third-order valence-corrected chi connectivity index (χ3v) is 11.0. The van der Waals surface area contributed by atoms with Crippen LogP contribution in [0.15, 0.2) is 27.8 Å². The van der Waals surface area contributed by atoms with Crippen LogP contribution < -0.4 is 20.8 Å². The van der Waals surface area contributed by atoms with Gasteiger partial charge in [0.15, 0.2) is 40.9 Å². The van der Waals surface area contributed by atoms with Crippen LogP contribution in [-0.2, 0) is 23.1 Å². The molecule has 18 nitrogen and oxygen atoms in total. The van der Waals surface area contributed by atoms with Crippen LogP contribution in [-0.4, -0.2) is 92.8 Å². The average Bonchev–Trinajstić information content (AvgIpc) is 3.74. The highest BCUT2D eigenvalue weighted by Gasteiger charge is 2.56. The third-order valence-electron chi connectivity index (χ3n) is 7.41. The predicted octanol–water partition coefficient (Wildman–Crippen LogP) is -2.07. The van der Waals surface area contributed by atoms with E-state index in [9.17, 15) is 24.5 Å². The molecule has 4 aromatic rings. The minimum Gasteiger partial charge on any atom is -0.756 e. The van der Waals surface area contributed by atoms with Crippen LogP contribution in [0.2, 0.25) is 0 Å². The van der Waals surface area contributed by atoms with Crippen molar-refractivity contribution in [3.63, 3.8) is 0 Å². The van der Waals surface area contributed by atoms with E-state index >= 15 is 0 Å². The van der Waals surface area contributed by atoms with Gasteiger partial charge in [0, 0.05) is 0 Å². The maximum atomic E-state index is 13.0. The van der Waals surface area contributed by atoms with E-state index in [0.717, 1.165) is 11.8 Å². The van der Waals surface area contributed by atoms with Crippen LogP contribution in [0.25, 0.3) is 22.3 Å². The number of aromatic nitrogens is 8. The van der Waals surface area contributed by atoms with E-state index in [4.69, 9.17) is 24.3 Å². The molecule has 0 radical (unpaired) electrons. The number of hydrogen-bond acceptors (Lipinski definition) is 16. The van der Waals surface area contributed by atoms with Crippen molar-refractivity contribution >= 4 is 59.5 Å². The summed E-state index contributed by atoms with van der Waals surface area (Å²) in [5, 5.41) is 20.8. The van der Waals surface area contributed by atoms with Gasteiger partial charge in [0.2, 0.25) is 5.52 Å². The van der Waals surface area contributed by atoms with Crippen molar-refractivity contribution in [1.29, 1.82) is 0 Å². The Labute approximate surface area is 236 Å². The number of nitrogens with one attached hydrogen (secondary N) is 2. The molecule has 6 N–H and O–H groups in total. The number of nitrogen functional groups attached to an aromatic ring is 1. The molecule has 0 saturated carbocycles.